The van der Waals surface area contributed by atoms with Crippen molar-refractivity contribution in [3.63, 3.8) is 0 Å². The molecule has 1 amide bonds. The number of rotatable bonds is 11. The Hall–Kier alpha value is -5.65. The molecular formula is C35H31F3N4O5. The predicted octanol–water partition coefficient (Wildman–Crippen LogP) is 6.71. The summed E-state index contributed by atoms with van der Waals surface area (Å²) in [7, 11) is 3.81. The molecular weight excluding hydrogens is 613 g/mol. The van der Waals surface area contributed by atoms with Gasteiger partial charge in [0.25, 0.3) is 5.91 Å². The van der Waals surface area contributed by atoms with Crippen LogP contribution in [0.5, 0.6) is 5.75 Å². The Balaban J connectivity index is 1.52. The molecule has 5 rings (SSSR count). The fourth-order valence-electron chi connectivity index (χ4n) is 5.12. The summed E-state index contributed by atoms with van der Waals surface area (Å²) >= 11 is 0. The molecule has 47 heavy (non-hydrogen) atoms. The Kier molecular flexibility index (Phi) is 9.31. The third kappa shape index (κ3) is 7.60. The van der Waals surface area contributed by atoms with E-state index in [1.54, 1.807) is 53.2 Å². The van der Waals surface area contributed by atoms with Gasteiger partial charge in [-0.1, -0.05) is 30.3 Å². The van der Waals surface area contributed by atoms with Crippen LogP contribution in [0.15, 0.2) is 91.0 Å². The molecule has 0 fully saturated rings. The lowest BCUT2D eigenvalue weighted by Crippen LogP contribution is -2.26. The van der Waals surface area contributed by atoms with Gasteiger partial charge in [-0.15, -0.1) is 13.2 Å². The van der Waals surface area contributed by atoms with Crippen molar-refractivity contribution in [2.45, 2.75) is 25.7 Å². The highest BCUT2D eigenvalue weighted by Gasteiger charge is 2.31. The van der Waals surface area contributed by atoms with Crippen molar-refractivity contribution in [3.05, 3.63) is 113 Å². The average molecular weight is 645 g/mol. The number of carboxylic acids is 1. The van der Waals surface area contributed by atoms with Gasteiger partial charge in [-0.25, -0.2) is 0 Å². The van der Waals surface area contributed by atoms with E-state index in [4.69, 9.17) is 10.2 Å². The van der Waals surface area contributed by atoms with E-state index >= 15 is 0 Å². The second-order valence-corrected chi connectivity index (χ2v) is 11.1. The van der Waals surface area contributed by atoms with Crippen LogP contribution in [0, 0.1) is 0 Å². The van der Waals surface area contributed by atoms with Crippen molar-refractivity contribution in [1.29, 1.82) is 0 Å². The van der Waals surface area contributed by atoms with Gasteiger partial charge in [-0.3, -0.25) is 19.1 Å². The van der Waals surface area contributed by atoms with Crippen molar-refractivity contribution >= 4 is 34.3 Å². The van der Waals surface area contributed by atoms with Crippen LogP contribution in [-0.2, 0) is 4.79 Å². The maximum absolute atomic E-state index is 13.8. The molecule has 9 nitrogen and oxygen atoms in total. The van der Waals surface area contributed by atoms with Gasteiger partial charge in [0, 0.05) is 42.8 Å². The molecule has 5 aromatic rings. The highest BCUT2D eigenvalue weighted by atomic mass is 19.4. The zero-order chi connectivity index (χ0) is 33.9. The molecule has 0 aliphatic heterocycles. The smallest absolute Gasteiger partial charge is 0.481 e. The molecule has 0 aliphatic carbocycles. The van der Waals surface area contributed by atoms with E-state index in [1.165, 1.54) is 24.3 Å². The summed E-state index contributed by atoms with van der Waals surface area (Å²) in [6.07, 6.45) is -5.00. The molecule has 2 N–H and O–H groups in total. The Morgan fingerprint density at radius 3 is 2.11 bits per heavy atom. The quantitative estimate of drug-likeness (QED) is 0.154. The lowest BCUT2D eigenvalue weighted by Gasteiger charge is -2.15. The predicted molar refractivity (Wildman–Crippen MR) is 171 cm³/mol. The number of ketones is 1. The largest absolute Gasteiger partial charge is 0.573 e. The van der Waals surface area contributed by atoms with Crippen molar-refractivity contribution in [1.82, 2.24) is 15.1 Å². The number of benzene rings is 4. The number of anilines is 1. The van der Waals surface area contributed by atoms with Gasteiger partial charge in [-0.05, 0) is 84.3 Å². The van der Waals surface area contributed by atoms with Crippen LogP contribution in [-0.4, -0.2) is 59.5 Å². The van der Waals surface area contributed by atoms with Crippen molar-refractivity contribution in [3.8, 4) is 16.9 Å². The minimum Gasteiger partial charge on any atom is -0.481 e. The zero-order valence-corrected chi connectivity index (χ0v) is 25.7. The molecule has 1 heterocycles. The number of ether oxygens (including phenoxy) is 1. The summed E-state index contributed by atoms with van der Waals surface area (Å²) in [6, 6.07) is 24.4. The van der Waals surface area contributed by atoms with Crippen molar-refractivity contribution in [2.24, 2.45) is 0 Å². The number of alkyl halides is 3. The lowest BCUT2D eigenvalue weighted by atomic mass is 10.0. The first-order valence-corrected chi connectivity index (χ1v) is 14.6. The number of aromatic nitrogens is 2. The second-order valence-electron chi connectivity index (χ2n) is 11.1. The summed E-state index contributed by atoms with van der Waals surface area (Å²) in [5.41, 5.74) is 4.70. The number of amides is 1. The molecule has 0 radical (unpaired) electrons. The first-order chi connectivity index (χ1) is 22.3. The van der Waals surface area contributed by atoms with E-state index in [0.717, 1.165) is 11.3 Å². The Bertz CT molecular complexity index is 1920. The average Bonchev–Trinajstić information content (AvgIpc) is 3.42. The Labute approximate surface area is 268 Å². The van der Waals surface area contributed by atoms with Crippen molar-refractivity contribution < 1.29 is 37.4 Å². The van der Waals surface area contributed by atoms with E-state index in [9.17, 15) is 27.6 Å². The van der Waals surface area contributed by atoms with Gasteiger partial charge in [0.2, 0.25) is 5.78 Å². The van der Waals surface area contributed by atoms with Crippen molar-refractivity contribution in [2.75, 3.05) is 25.5 Å². The standard InChI is InChI=1S/C35H31F3N4O5/c1-21(22-4-6-25(7-5-22)34(46)39-19-18-31(43)44)42-30-20-26(23-10-15-28(16-11-23)47-35(36,37)38)12-17-29(30)32(40-42)33(45)24-8-13-27(14-9-24)41(2)3/h4-17,20-21H,18-19H2,1-3H3,(H,39,46)(H,43,44). The topological polar surface area (TPSA) is 114 Å². The summed E-state index contributed by atoms with van der Waals surface area (Å²) in [5, 5.41) is 16.8. The maximum Gasteiger partial charge on any atom is 0.573 e. The third-order valence-electron chi connectivity index (χ3n) is 7.64. The summed E-state index contributed by atoms with van der Waals surface area (Å²) in [6.45, 7) is 1.89. The first kappa shape index (κ1) is 32.7. The number of fused-ring (bicyclic) bond motifs is 1. The number of halogens is 3. The summed E-state index contributed by atoms with van der Waals surface area (Å²) in [4.78, 5) is 38.9. The number of carboxylic acid groups (broad SMARTS) is 1. The van der Waals surface area contributed by atoms with E-state index in [1.807, 2.05) is 44.1 Å². The summed E-state index contributed by atoms with van der Waals surface area (Å²) < 4.78 is 43.8. The van der Waals surface area contributed by atoms with Gasteiger partial charge >= 0.3 is 12.3 Å². The second kappa shape index (κ2) is 13.4. The Morgan fingerprint density at radius 1 is 0.894 bits per heavy atom. The van der Waals surface area contributed by atoms with E-state index in [0.29, 0.717) is 33.2 Å². The number of hydrogen-bond donors (Lipinski definition) is 2. The fraction of sp³-hybridized carbons (Fsp3) is 0.200. The van der Waals surface area contributed by atoms with E-state index < -0.39 is 24.3 Å². The van der Waals surface area contributed by atoms with Gasteiger partial charge in [0.05, 0.1) is 18.0 Å². The third-order valence-corrected chi connectivity index (χ3v) is 7.64. The molecule has 1 unspecified atom stereocenters. The van der Waals surface area contributed by atoms with Gasteiger partial charge in [0.1, 0.15) is 11.4 Å². The van der Waals surface area contributed by atoms with Crippen LogP contribution < -0.4 is 15.0 Å². The van der Waals surface area contributed by atoms with Crippen LogP contribution >= 0.6 is 0 Å². The summed E-state index contributed by atoms with van der Waals surface area (Å²) in [5.74, 6) is -2.03. The molecule has 0 saturated heterocycles. The highest BCUT2D eigenvalue weighted by Crippen LogP contribution is 2.33. The number of hydrogen-bond acceptors (Lipinski definition) is 6. The molecule has 0 bridgehead atoms. The maximum atomic E-state index is 13.8. The fourth-order valence-corrected chi connectivity index (χ4v) is 5.12. The number of nitrogens with zero attached hydrogens (tertiary/aromatic N) is 3. The molecule has 1 atom stereocenters. The number of aliphatic carboxylic acids is 1. The molecule has 0 spiro atoms. The number of carbonyl (C=O) groups is 3. The molecule has 12 heteroatoms. The normalized spacial score (nSPS) is 12.0. The van der Waals surface area contributed by atoms with Crippen LogP contribution in [0.25, 0.3) is 22.0 Å². The van der Waals surface area contributed by atoms with E-state index in [-0.39, 0.29) is 30.2 Å². The minimum atomic E-state index is -4.80. The van der Waals surface area contributed by atoms with Crippen LogP contribution in [0.1, 0.15) is 51.4 Å². The van der Waals surface area contributed by atoms with Crippen LogP contribution in [0.4, 0.5) is 18.9 Å². The molecule has 4 aromatic carbocycles. The number of nitrogens with one attached hydrogen (secondary N) is 1. The Morgan fingerprint density at radius 2 is 1.51 bits per heavy atom. The van der Waals surface area contributed by atoms with Gasteiger partial charge in [0.15, 0.2) is 0 Å². The molecule has 0 saturated carbocycles. The SMILES string of the molecule is CC(c1ccc(C(=O)NCCC(=O)O)cc1)n1nc(C(=O)c2ccc(N(C)C)cc2)c2ccc(-c3ccc(OC(F)(F)F)cc3)cc21. The monoisotopic (exact) mass is 644 g/mol. The molecule has 0 aliphatic rings. The van der Waals surface area contributed by atoms with Crippen LogP contribution in [0.2, 0.25) is 0 Å². The number of carbonyl (C=O) groups excluding carboxylic acids is 2. The van der Waals surface area contributed by atoms with Crippen LogP contribution in [0.3, 0.4) is 0 Å². The first-order valence-electron chi connectivity index (χ1n) is 14.6. The van der Waals surface area contributed by atoms with Gasteiger partial charge < -0.3 is 20.1 Å². The molecule has 242 valence electrons. The lowest BCUT2D eigenvalue weighted by molar-refractivity contribution is -0.274. The van der Waals surface area contributed by atoms with E-state index in [2.05, 4.69) is 10.1 Å². The highest BCUT2D eigenvalue weighted by molar-refractivity contribution is 6.15. The minimum absolute atomic E-state index is 0.000683. The zero-order valence-electron chi connectivity index (χ0n) is 25.7. The van der Waals surface area contributed by atoms with Gasteiger partial charge in [-0.2, -0.15) is 5.10 Å². The molecule has 1 aromatic heterocycles.